The summed E-state index contributed by atoms with van der Waals surface area (Å²) in [5.74, 6) is 0.445. The summed E-state index contributed by atoms with van der Waals surface area (Å²) < 4.78 is 5.32. The first-order valence-corrected chi connectivity index (χ1v) is 7.11. The van der Waals surface area contributed by atoms with Crippen molar-refractivity contribution in [3.63, 3.8) is 0 Å². The molecular weight excluding hydrogens is 270 g/mol. The Hall–Kier alpha value is -1.88. The summed E-state index contributed by atoms with van der Waals surface area (Å²) >= 11 is 0. The number of nitrogens with zero attached hydrogens (tertiary/aromatic N) is 1. The van der Waals surface area contributed by atoms with E-state index in [2.05, 4.69) is 0 Å². The number of aliphatic carboxylic acids is 1. The van der Waals surface area contributed by atoms with Gasteiger partial charge in [0.05, 0.1) is 13.7 Å². The summed E-state index contributed by atoms with van der Waals surface area (Å²) in [4.78, 5) is 24.4. The monoisotopic (exact) mass is 291 g/mol. The van der Waals surface area contributed by atoms with Crippen molar-refractivity contribution in [2.24, 2.45) is 5.92 Å². The van der Waals surface area contributed by atoms with E-state index in [0.717, 1.165) is 12.1 Å². The molecule has 1 aliphatic rings. The van der Waals surface area contributed by atoms with Gasteiger partial charge in [0.2, 0.25) is 0 Å². The zero-order chi connectivity index (χ0) is 15.4. The fourth-order valence-corrected chi connectivity index (χ4v) is 2.40. The molecule has 5 nitrogen and oxygen atoms in total. The molecule has 1 aliphatic carbocycles. The van der Waals surface area contributed by atoms with E-state index in [0.29, 0.717) is 23.8 Å². The van der Waals surface area contributed by atoms with Crippen LogP contribution in [0.5, 0.6) is 5.75 Å². The summed E-state index contributed by atoms with van der Waals surface area (Å²) in [5.41, 5.74) is 1.47. The van der Waals surface area contributed by atoms with Crippen molar-refractivity contribution in [2.75, 3.05) is 20.2 Å². The molecular formula is C16H21NO4. The zero-order valence-corrected chi connectivity index (χ0v) is 12.5. The molecule has 1 aromatic carbocycles. The van der Waals surface area contributed by atoms with Gasteiger partial charge in [-0.25, -0.2) is 0 Å². The Labute approximate surface area is 124 Å². The highest BCUT2D eigenvalue weighted by atomic mass is 16.5. The third kappa shape index (κ3) is 4.56. The summed E-state index contributed by atoms with van der Waals surface area (Å²) in [7, 11) is 1.58. The molecule has 0 saturated heterocycles. The van der Waals surface area contributed by atoms with E-state index < -0.39 is 5.97 Å². The Morgan fingerprint density at radius 1 is 1.38 bits per heavy atom. The molecule has 21 heavy (non-hydrogen) atoms. The topological polar surface area (TPSA) is 66.8 Å². The number of Topliss-reactive ketones (excluding diaryl/α,β-unsaturated/α-hetero) is 1. The van der Waals surface area contributed by atoms with Gasteiger partial charge < -0.3 is 9.84 Å². The maximum absolute atomic E-state index is 11.5. The molecule has 5 heteroatoms. The molecule has 0 amide bonds. The lowest BCUT2D eigenvalue weighted by atomic mass is 10.1. The fraction of sp³-hybridized carbons (Fsp3) is 0.500. The number of hydrogen-bond donors (Lipinski definition) is 1. The van der Waals surface area contributed by atoms with Crippen LogP contribution in [0, 0.1) is 5.92 Å². The Bertz CT molecular complexity index is 537. The van der Waals surface area contributed by atoms with Crippen LogP contribution < -0.4 is 4.74 Å². The first-order chi connectivity index (χ1) is 9.99. The van der Waals surface area contributed by atoms with Crippen LogP contribution in [0.25, 0.3) is 0 Å². The largest absolute Gasteiger partial charge is 0.496 e. The van der Waals surface area contributed by atoms with Gasteiger partial charge in [-0.15, -0.1) is 0 Å². The van der Waals surface area contributed by atoms with Crippen molar-refractivity contribution in [3.8, 4) is 5.75 Å². The lowest BCUT2D eigenvalue weighted by Gasteiger charge is -2.21. The van der Waals surface area contributed by atoms with Gasteiger partial charge in [-0.05, 0) is 43.9 Å². The average molecular weight is 291 g/mol. The minimum absolute atomic E-state index is 0.00392. The SMILES string of the molecule is COc1ccc(C(C)=O)cc1CN(CC(=O)O)CC1CC1. The number of carboxylic acids is 1. The molecule has 0 atom stereocenters. The Morgan fingerprint density at radius 2 is 2.10 bits per heavy atom. The van der Waals surface area contributed by atoms with Gasteiger partial charge >= 0.3 is 5.97 Å². The van der Waals surface area contributed by atoms with Crippen molar-refractivity contribution >= 4 is 11.8 Å². The normalized spacial score (nSPS) is 14.2. The number of rotatable bonds is 8. The van der Waals surface area contributed by atoms with Gasteiger partial charge in [0.15, 0.2) is 5.78 Å². The van der Waals surface area contributed by atoms with Crippen LogP contribution in [0.2, 0.25) is 0 Å². The molecule has 114 valence electrons. The van der Waals surface area contributed by atoms with Crippen LogP contribution >= 0.6 is 0 Å². The van der Waals surface area contributed by atoms with Crippen molar-refractivity contribution in [2.45, 2.75) is 26.3 Å². The molecule has 0 spiro atoms. The molecule has 0 heterocycles. The Balaban J connectivity index is 2.18. The fourth-order valence-electron chi connectivity index (χ4n) is 2.40. The maximum Gasteiger partial charge on any atom is 0.317 e. The van der Waals surface area contributed by atoms with Gasteiger partial charge in [-0.1, -0.05) is 0 Å². The van der Waals surface area contributed by atoms with Crippen LogP contribution in [0.1, 0.15) is 35.7 Å². The van der Waals surface area contributed by atoms with E-state index in [1.165, 1.54) is 19.8 Å². The Kier molecular flexibility index (Phi) is 4.96. The van der Waals surface area contributed by atoms with Crippen LogP contribution in [0.3, 0.4) is 0 Å². The first kappa shape index (κ1) is 15.5. The van der Waals surface area contributed by atoms with Crippen LogP contribution in [-0.2, 0) is 11.3 Å². The van der Waals surface area contributed by atoms with Crippen LogP contribution in [0.4, 0.5) is 0 Å². The van der Waals surface area contributed by atoms with Gasteiger partial charge in [-0.3, -0.25) is 14.5 Å². The maximum atomic E-state index is 11.5. The van der Waals surface area contributed by atoms with Gasteiger partial charge in [0, 0.05) is 24.2 Å². The second-order valence-electron chi connectivity index (χ2n) is 5.59. The molecule has 0 radical (unpaired) electrons. The molecule has 0 unspecified atom stereocenters. The van der Waals surface area contributed by atoms with Crippen LogP contribution in [0.15, 0.2) is 18.2 Å². The highest BCUT2D eigenvalue weighted by Gasteiger charge is 2.26. The second kappa shape index (κ2) is 6.72. The van der Waals surface area contributed by atoms with Crippen LogP contribution in [-0.4, -0.2) is 42.0 Å². The van der Waals surface area contributed by atoms with E-state index in [1.54, 1.807) is 25.3 Å². The number of carbonyl (C=O) groups excluding carboxylic acids is 1. The predicted molar refractivity (Wildman–Crippen MR) is 78.6 cm³/mol. The second-order valence-corrected chi connectivity index (χ2v) is 5.59. The van der Waals surface area contributed by atoms with Crippen molar-refractivity contribution in [1.29, 1.82) is 0 Å². The highest BCUT2D eigenvalue weighted by Crippen LogP contribution is 2.31. The smallest absolute Gasteiger partial charge is 0.317 e. The molecule has 2 rings (SSSR count). The molecule has 0 bridgehead atoms. The van der Waals surface area contributed by atoms with E-state index in [1.807, 2.05) is 4.90 Å². The molecule has 0 aliphatic heterocycles. The number of methoxy groups -OCH3 is 1. The third-order valence-electron chi connectivity index (χ3n) is 3.65. The first-order valence-electron chi connectivity index (χ1n) is 7.11. The molecule has 1 fully saturated rings. The number of hydrogen-bond acceptors (Lipinski definition) is 4. The number of carboxylic acid groups (broad SMARTS) is 1. The van der Waals surface area contributed by atoms with Gasteiger partial charge in [-0.2, -0.15) is 0 Å². The lowest BCUT2D eigenvalue weighted by molar-refractivity contribution is -0.138. The van der Waals surface area contributed by atoms with E-state index in [-0.39, 0.29) is 12.3 Å². The standard InChI is InChI=1S/C16H21NO4/c1-11(18)13-5-6-15(21-2)14(7-13)9-17(10-16(19)20)8-12-3-4-12/h5-7,12H,3-4,8-10H2,1-2H3,(H,19,20). The summed E-state index contributed by atoms with van der Waals surface area (Å²) in [5, 5.41) is 9.04. The third-order valence-corrected chi connectivity index (χ3v) is 3.65. The van der Waals surface area contributed by atoms with Crippen molar-refractivity contribution in [1.82, 2.24) is 4.90 Å². The molecule has 0 aromatic heterocycles. The van der Waals surface area contributed by atoms with Gasteiger partial charge in [0.1, 0.15) is 5.75 Å². The van der Waals surface area contributed by atoms with Crippen molar-refractivity contribution < 1.29 is 19.4 Å². The number of carbonyl (C=O) groups is 2. The molecule has 1 aromatic rings. The minimum Gasteiger partial charge on any atom is -0.496 e. The molecule has 1 saturated carbocycles. The van der Waals surface area contributed by atoms with E-state index in [4.69, 9.17) is 9.84 Å². The predicted octanol–water partition coefficient (Wildman–Crippen LogP) is 2.19. The highest BCUT2D eigenvalue weighted by molar-refractivity contribution is 5.94. The quantitative estimate of drug-likeness (QED) is 0.744. The van der Waals surface area contributed by atoms with E-state index >= 15 is 0 Å². The van der Waals surface area contributed by atoms with Crippen molar-refractivity contribution in [3.05, 3.63) is 29.3 Å². The summed E-state index contributed by atoms with van der Waals surface area (Å²) in [6.45, 7) is 2.78. The number of ketones is 1. The summed E-state index contributed by atoms with van der Waals surface area (Å²) in [6, 6.07) is 5.29. The molecule has 1 N–H and O–H groups in total. The minimum atomic E-state index is -0.836. The van der Waals surface area contributed by atoms with E-state index in [9.17, 15) is 9.59 Å². The Morgan fingerprint density at radius 3 is 2.62 bits per heavy atom. The van der Waals surface area contributed by atoms with Gasteiger partial charge in [0.25, 0.3) is 0 Å². The number of ether oxygens (including phenoxy) is 1. The average Bonchev–Trinajstić information content (AvgIpc) is 3.21. The zero-order valence-electron chi connectivity index (χ0n) is 12.5. The summed E-state index contributed by atoms with van der Waals surface area (Å²) in [6.07, 6.45) is 2.33. The number of benzene rings is 1. The lowest BCUT2D eigenvalue weighted by Crippen LogP contribution is -2.31.